The van der Waals surface area contributed by atoms with Crippen LogP contribution in [-0.4, -0.2) is 38.3 Å². The van der Waals surface area contributed by atoms with E-state index in [9.17, 15) is 13.2 Å². The third-order valence-corrected chi connectivity index (χ3v) is 2.19. The molecule has 0 bridgehead atoms. The van der Waals surface area contributed by atoms with Crippen LogP contribution in [0.1, 0.15) is 0 Å². The van der Waals surface area contributed by atoms with Gasteiger partial charge in [-0.15, -0.1) is 0 Å². The Morgan fingerprint density at radius 1 is 1.55 bits per heavy atom. The maximum absolute atomic E-state index is 10.7. The highest BCUT2D eigenvalue weighted by atomic mass is 32.2. The number of hydrogen-bond donors (Lipinski definition) is 3. The molecule has 0 saturated carbocycles. The van der Waals surface area contributed by atoms with Gasteiger partial charge in [-0.2, -0.15) is 0 Å². The summed E-state index contributed by atoms with van der Waals surface area (Å²) in [4.78, 5) is 9.89. The SMILES string of the molecule is NCCS(=O)(=O)NCC(=O)O. The number of carbonyl (C=O) groups is 1. The molecule has 0 radical (unpaired) electrons. The number of rotatable bonds is 5. The van der Waals surface area contributed by atoms with Crippen LogP contribution in [0, 0.1) is 0 Å². The van der Waals surface area contributed by atoms with Gasteiger partial charge in [0.25, 0.3) is 0 Å². The summed E-state index contributed by atoms with van der Waals surface area (Å²) < 4.78 is 23.2. The highest BCUT2D eigenvalue weighted by Crippen LogP contribution is 1.79. The zero-order chi connectivity index (χ0) is 8.91. The molecule has 0 fully saturated rings. The van der Waals surface area contributed by atoms with E-state index in [1.807, 2.05) is 4.72 Å². The van der Waals surface area contributed by atoms with E-state index in [-0.39, 0.29) is 12.3 Å². The monoisotopic (exact) mass is 182 g/mol. The summed E-state index contributed by atoms with van der Waals surface area (Å²) in [6.07, 6.45) is 0. The molecule has 0 aliphatic rings. The number of nitrogens with two attached hydrogens (primary N) is 1. The van der Waals surface area contributed by atoms with Crippen LogP contribution in [0.25, 0.3) is 0 Å². The fourth-order valence-electron chi connectivity index (χ4n) is 0.399. The van der Waals surface area contributed by atoms with E-state index in [2.05, 4.69) is 0 Å². The first kappa shape index (κ1) is 10.3. The van der Waals surface area contributed by atoms with Gasteiger partial charge >= 0.3 is 5.97 Å². The normalized spacial score (nSPS) is 11.4. The Bertz CT molecular complexity index is 222. The molecule has 4 N–H and O–H groups in total. The maximum Gasteiger partial charge on any atom is 0.318 e. The third-order valence-electron chi connectivity index (χ3n) is 0.830. The van der Waals surface area contributed by atoms with Gasteiger partial charge in [0.2, 0.25) is 10.0 Å². The van der Waals surface area contributed by atoms with Gasteiger partial charge in [-0.3, -0.25) is 4.79 Å². The van der Waals surface area contributed by atoms with Crippen LogP contribution in [0.2, 0.25) is 0 Å². The van der Waals surface area contributed by atoms with Gasteiger partial charge in [-0.25, -0.2) is 13.1 Å². The van der Waals surface area contributed by atoms with Crippen molar-refractivity contribution in [3.05, 3.63) is 0 Å². The van der Waals surface area contributed by atoms with Crippen molar-refractivity contribution in [1.82, 2.24) is 4.72 Å². The van der Waals surface area contributed by atoms with Crippen LogP contribution in [0.15, 0.2) is 0 Å². The molecule has 0 heterocycles. The molecule has 0 spiro atoms. The van der Waals surface area contributed by atoms with Crippen molar-refractivity contribution >= 4 is 16.0 Å². The maximum atomic E-state index is 10.7. The average molecular weight is 182 g/mol. The minimum Gasteiger partial charge on any atom is -0.480 e. The van der Waals surface area contributed by atoms with Gasteiger partial charge in [0.15, 0.2) is 0 Å². The zero-order valence-corrected chi connectivity index (χ0v) is 6.60. The molecule has 0 aromatic carbocycles. The van der Waals surface area contributed by atoms with Gasteiger partial charge in [0.05, 0.1) is 5.75 Å². The molecule has 0 aliphatic heterocycles. The van der Waals surface area contributed by atoms with E-state index in [1.54, 1.807) is 0 Å². The number of hydrogen-bond acceptors (Lipinski definition) is 4. The third kappa shape index (κ3) is 5.77. The number of carboxylic acids is 1. The summed E-state index contributed by atoms with van der Waals surface area (Å²) in [6, 6.07) is 0. The molecule has 0 saturated heterocycles. The second-order valence-electron chi connectivity index (χ2n) is 1.82. The highest BCUT2D eigenvalue weighted by Gasteiger charge is 2.09. The lowest BCUT2D eigenvalue weighted by molar-refractivity contribution is -0.135. The minimum atomic E-state index is -3.48. The molecule has 0 amide bonds. The molecule has 11 heavy (non-hydrogen) atoms. The zero-order valence-electron chi connectivity index (χ0n) is 5.78. The smallest absolute Gasteiger partial charge is 0.318 e. The van der Waals surface area contributed by atoms with Crippen LogP contribution in [0.3, 0.4) is 0 Å². The molecule has 0 atom stereocenters. The Balaban J connectivity index is 3.84. The standard InChI is InChI=1S/C4H10N2O4S/c5-1-2-11(9,10)6-3-4(7)8/h6H,1-3,5H2,(H,7,8). The van der Waals surface area contributed by atoms with Crippen molar-refractivity contribution in [2.24, 2.45) is 5.73 Å². The summed E-state index contributed by atoms with van der Waals surface area (Å²) in [5, 5.41) is 8.09. The van der Waals surface area contributed by atoms with E-state index >= 15 is 0 Å². The summed E-state index contributed by atoms with van der Waals surface area (Å²) in [5.41, 5.74) is 4.95. The van der Waals surface area contributed by atoms with Gasteiger partial charge < -0.3 is 10.8 Å². The molecule has 6 nitrogen and oxygen atoms in total. The molecular formula is C4H10N2O4S. The second kappa shape index (κ2) is 4.27. The minimum absolute atomic E-state index is 0.0189. The first-order chi connectivity index (χ1) is 4.98. The largest absolute Gasteiger partial charge is 0.480 e. The molecule has 0 aromatic rings. The van der Waals surface area contributed by atoms with E-state index in [0.29, 0.717) is 0 Å². The van der Waals surface area contributed by atoms with Crippen LogP contribution in [0.4, 0.5) is 0 Å². The van der Waals surface area contributed by atoms with Crippen molar-refractivity contribution in [1.29, 1.82) is 0 Å². The Hall–Kier alpha value is -0.660. The van der Waals surface area contributed by atoms with Crippen molar-refractivity contribution in [2.45, 2.75) is 0 Å². The first-order valence-corrected chi connectivity index (χ1v) is 4.52. The Kier molecular flexibility index (Phi) is 4.01. The summed E-state index contributed by atoms with van der Waals surface area (Å²) >= 11 is 0. The predicted molar refractivity (Wildman–Crippen MR) is 38.5 cm³/mol. The van der Waals surface area contributed by atoms with E-state index < -0.39 is 22.5 Å². The summed E-state index contributed by atoms with van der Waals surface area (Å²) in [7, 11) is -3.48. The number of carboxylic acid groups (broad SMARTS) is 1. The lowest BCUT2D eigenvalue weighted by atomic mass is 10.7. The van der Waals surface area contributed by atoms with Crippen molar-refractivity contribution < 1.29 is 18.3 Å². The van der Waals surface area contributed by atoms with E-state index in [1.165, 1.54) is 0 Å². The first-order valence-electron chi connectivity index (χ1n) is 2.87. The molecule has 0 unspecified atom stereocenters. The average Bonchev–Trinajstić information content (AvgIpc) is 1.84. The lowest BCUT2D eigenvalue weighted by Crippen LogP contribution is -2.33. The Morgan fingerprint density at radius 3 is 2.45 bits per heavy atom. The van der Waals surface area contributed by atoms with E-state index in [0.717, 1.165) is 0 Å². The predicted octanol–water partition coefficient (Wildman–Crippen LogP) is -2.05. The fraction of sp³-hybridized carbons (Fsp3) is 0.750. The Morgan fingerprint density at radius 2 is 2.09 bits per heavy atom. The van der Waals surface area contributed by atoms with Crippen LogP contribution in [0.5, 0.6) is 0 Å². The van der Waals surface area contributed by atoms with Gasteiger partial charge in [0.1, 0.15) is 6.54 Å². The van der Waals surface area contributed by atoms with Crippen LogP contribution in [-0.2, 0) is 14.8 Å². The van der Waals surface area contributed by atoms with Gasteiger partial charge in [-0.05, 0) is 0 Å². The van der Waals surface area contributed by atoms with Gasteiger partial charge in [0, 0.05) is 6.54 Å². The van der Waals surface area contributed by atoms with E-state index in [4.69, 9.17) is 10.8 Å². The van der Waals surface area contributed by atoms with Crippen LogP contribution < -0.4 is 10.5 Å². The molecular weight excluding hydrogens is 172 g/mol. The second-order valence-corrected chi connectivity index (χ2v) is 3.75. The van der Waals surface area contributed by atoms with Gasteiger partial charge in [-0.1, -0.05) is 0 Å². The molecule has 0 aliphatic carbocycles. The van der Waals surface area contributed by atoms with Crippen molar-refractivity contribution in [3.8, 4) is 0 Å². The highest BCUT2D eigenvalue weighted by molar-refractivity contribution is 7.89. The molecule has 0 rings (SSSR count). The molecule has 0 aromatic heterocycles. The Labute approximate surface area is 64.4 Å². The quantitative estimate of drug-likeness (QED) is 0.453. The summed E-state index contributed by atoms with van der Waals surface area (Å²) in [6.45, 7) is -0.614. The van der Waals surface area contributed by atoms with Crippen LogP contribution >= 0.6 is 0 Å². The fourth-order valence-corrected chi connectivity index (χ4v) is 1.20. The molecule has 7 heteroatoms. The number of nitrogens with one attached hydrogen (secondary N) is 1. The van der Waals surface area contributed by atoms with Crippen molar-refractivity contribution in [2.75, 3.05) is 18.8 Å². The summed E-state index contributed by atoms with van der Waals surface area (Å²) in [5.74, 6) is -1.47. The lowest BCUT2D eigenvalue weighted by Gasteiger charge is -2.00. The number of sulfonamides is 1. The topological polar surface area (TPSA) is 109 Å². The van der Waals surface area contributed by atoms with Crippen molar-refractivity contribution in [3.63, 3.8) is 0 Å². The number of aliphatic carboxylic acids is 1. The molecule has 66 valence electrons.